The molecule has 146 valence electrons. The lowest BCUT2D eigenvalue weighted by Gasteiger charge is -2.23. The first-order valence-corrected chi connectivity index (χ1v) is 8.36. The van der Waals surface area contributed by atoms with Crippen LogP contribution in [0, 0.1) is 10.1 Å². The molecule has 0 radical (unpaired) electrons. The van der Waals surface area contributed by atoms with Gasteiger partial charge in [0, 0.05) is 19.7 Å². The van der Waals surface area contributed by atoms with Crippen LogP contribution >= 0.6 is 0 Å². The number of imide groups is 1. The molecule has 0 spiro atoms. The number of hydrogen-bond donors (Lipinski definition) is 0. The lowest BCUT2D eigenvalue weighted by Crippen LogP contribution is -2.43. The predicted octanol–water partition coefficient (Wildman–Crippen LogP) is 1.46. The van der Waals surface area contributed by atoms with Crippen molar-refractivity contribution in [1.29, 1.82) is 0 Å². The van der Waals surface area contributed by atoms with Crippen molar-refractivity contribution < 1.29 is 28.5 Å². The first kappa shape index (κ1) is 19.2. The summed E-state index contributed by atoms with van der Waals surface area (Å²) in [5.41, 5.74) is -0.834. The SMILES string of the molecule is COCCN(Cc1ccco1)C(=O)CN1C(=O)c2cccc([N+](=O)[O-])c2C1=O. The summed E-state index contributed by atoms with van der Waals surface area (Å²) >= 11 is 0. The van der Waals surface area contributed by atoms with E-state index >= 15 is 0 Å². The first-order valence-electron chi connectivity index (χ1n) is 8.36. The fourth-order valence-electron chi connectivity index (χ4n) is 2.93. The Morgan fingerprint density at radius 1 is 1.25 bits per heavy atom. The van der Waals surface area contributed by atoms with Crippen LogP contribution in [0.5, 0.6) is 0 Å². The summed E-state index contributed by atoms with van der Waals surface area (Å²) in [4.78, 5) is 50.4. The molecule has 10 nitrogen and oxygen atoms in total. The summed E-state index contributed by atoms with van der Waals surface area (Å²) in [6, 6.07) is 7.18. The highest BCUT2D eigenvalue weighted by molar-refractivity contribution is 6.24. The van der Waals surface area contributed by atoms with Gasteiger partial charge in [0.05, 0.1) is 29.9 Å². The van der Waals surface area contributed by atoms with Gasteiger partial charge in [-0.1, -0.05) is 6.07 Å². The molecule has 0 saturated heterocycles. The molecule has 1 aliphatic heterocycles. The first-order chi connectivity index (χ1) is 13.4. The van der Waals surface area contributed by atoms with E-state index in [4.69, 9.17) is 9.15 Å². The fourth-order valence-corrected chi connectivity index (χ4v) is 2.93. The zero-order chi connectivity index (χ0) is 20.3. The standard InChI is InChI=1S/C18H17N3O7/c1-27-9-7-19(10-12-4-3-8-28-12)15(22)11-20-17(23)13-5-2-6-14(21(25)26)16(13)18(20)24/h2-6,8H,7,9-11H2,1H3. The Bertz CT molecular complexity index is 923. The van der Waals surface area contributed by atoms with Crippen LogP contribution in [-0.2, 0) is 16.1 Å². The zero-order valence-electron chi connectivity index (χ0n) is 15.0. The Kier molecular flexibility index (Phi) is 5.50. The normalized spacial score (nSPS) is 13.0. The summed E-state index contributed by atoms with van der Waals surface area (Å²) < 4.78 is 10.2. The molecule has 1 aromatic heterocycles. The number of rotatable bonds is 8. The number of fused-ring (bicyclic) bond motifs is 1. The largest absolute Gasteiger partial charge is 0.467 e. The minimum absolute atomic E-state index is 0.0820. The number of nitrogens with zero attached hydrogens (tertiary/aromatic N) is 3. The molecule has 3 amide bonds. The van der Waals surface area contributed by atoms with Gasteiger partial charge in [0.2, 0.25) is 5.91 Å². The smallest absolute Gasteiger partial charge is 0.282 e. The summed E-state index contributed by atoms with van der Waals surface area (Å²) in [5, 5.41) is 11.2. The second-order valence-corrected chi connectivity index (χ2v) is 6.04. The molecule has 0 unspecified atom stereocenters. The van der Waals surface area contributed by atoms with Crippen molar-refractivity contribution in [2.24, 2.45) is 0 Å². The van der Waals surface area contributed by atoms with Gasteiger partial charge < -0.3 is 14.1 Å². The number of furan rings is 1. The van der Waals surface area contributed by atoms with E-state index in [1.165, 1.54) is 30.4 Å². The third-order valence-electron chi connectivity index (χ3n) is 4.31. The molecule has 0 fully saturated rings. The number of methoxy groups -OCH3 is 1. The van der Waals surface area contributed by atoms with Gasteiger partial charge in [0.15, 0.2) is 0 Å². The van der Waals surface area contributed by atoms with E-state index in [0.717, 1.165) is 11.0 Å². The van der Waals surface area contributed by atoms with Crippen LogP contribution in [0.1, 0.15) is 26.5 Å². The van der Waals surface area contributed by atoms with Crippen molar-refractivity contribution in [2.75, 3.05) is 26.8 Å². The zero-order valence-corrected chi connectivity index (χ0v) is 15.0. The molecular formula is C18H17N3O7. The number of nitro groups is 1. The Hall–Kier alpha value is -3.53. The second kappa shape index (κ2) is 8.01. The summed E-state index contributed by atoms with van der Waals surface area (Å²) in [7, 11) is 1.48. The topological polar surface area (TPSA) is 123 Å². The number of ether oxygens (including phenoxy) is 1. The lowest BCUT2D eigenvalue weighted by molar-refractivity contribution is -0.385. The van der Waals surface area contributed by atoms with Crippen molar-refractivity contribution in [3.63, 3.8) is 0 Å². The van der Waals surface area contributed by atoms with E-state index in [0.29, 0.717) is 5.76 Å². The van der Waals surface area contributed by atoms with Gasteiger partial charge in [0.25, 0.3) is 17.5 Å². The van der Waals surface area contributed by atoms with Crippen LogP contribution in [0.3, 0.4) is 0 Å². The number of amides is 3. The molecular weight excluding hydrogens is 370 g/mol. The van der Waals surface area contributed by atoms with Crippen LogP contribution in [0.4, 0.5) is 5.69 Å². The molecule has 10 heteroatoms. The van der Waals surface area contributed by atoms with E-state index in [9.17, 15) is 24.5 Å². The van der Waals surface area contributed by atoms with Gasteiger partial charge >= 0.3 is 0 Å². The molecule has 0 aliphatic carbocycles. The van der Waals surface area contributed by atoms with E-state index in [1.807, 2.05) is 0 Å². The maximum atomic E-state index is 12.7. The van der Waals surface area contributed by atoms with Crippen LogP contribution in [0.15, 0.2) is 41.0 Å². The third-order valence-corrected chi connectivity index (χ3v) is 4.31. The Morgan fingerprint density at radius 2 is 2.04 bits per heavy atom. The maximum absolute atomic E-state index is 12.7. The highest BCUT2D eigenvalue weighted by Gasteiger charge is 2.42. The minimum Gasteiger partial charge on any atom is -0.467 e. The molecule has 0 N–H and O–H groups in total. The molecule has 0 bridgehead atoms. The predicted molar refractivity (Wildman–Crippen MR) is 94.5 cm³/mol. The molecule has 1 aliphatic rings. The molecule has 0 saturated carbocycles. The molecule has 3 rings (SSSR count). The Balaban J connectivity index is 1.80. The number of carbonyl (C=O) groups excluding carboxylic acids is 3. The van der Waals surface area contributed by atoms with Gasteiger partial charge in [-0.3, -0.25) is 29.4 Å². The number of benzene rings is 1. The van der Waals surface area contributed by atoms with Crippen LogP contribution in [0.2, 0.25) is 0 Å². The monoisotopic (exact) mass is 387 g/mol. The van der Waals surface area contributed by atoms with Crippen molar-refractivity contribution in [1.82, 2.24) is 9.80 Å². The highest BCUT2D eigenvalue weighted by atomic mass is 16.6. The molecule has 0 atom stereocenters. The van der Waals surface area contributed by atoms with Crippen LogP contribution in [-0.4, -0.2) is 59.3 Å². The Morgan fingerprint density at radius 3 is 2.68 bits per heavy atom. The molecule has 2 heterocycles. The molecule has 1 aromatic carbocycles. The van der Waals surface area contributed by atoms with Gasteiger partial charge in [-0.05, 0) is 18.2 Å². The quantitative estimate of drug-likeness (QED) is 0.382. The maximum Gasteiger partial charge on any atom is 0.282 e. The lowest BCUT2D eigenvalue weighted by atomic mass is 10.1. The van der Waals surface area contributed by atoms with Crippen LogP contribution in [0.25, 0.3) is 0 Å². The minimum atomic E-state index is -0.856. The second-order valence-electron chi connectivity index (χ2n) is 6.04. The fraction of sp³-hybridized carbons (Fsp3) is 0.278. The summed E-state index contributed by atoms with van der Waals surface area (Å²) in [6.45, 7) is 0.0752. The van der Waals surface area contributed by atoms with Gasteiger partial charge in [0.1, 0.15) is 17.9 Å². The van der Waals surface area contributed by atoms with Crippen molar-refractivity contribution in [3.8, 4) is 0 Å². The molecule has 28 heavy (non-hydrogen) atoms. The Labute approximate surface area is 159 Å². The van der Waals surface area contributed by atoms with E-state index in [-0.39, 0.29) is 30.8 Å². The van der Waals surface area contributed by atoms with Gasteiger partial charge in [-0.2, -0.15) is 0 Å². The van der Waals surface area contributed by atoms with Crippen molar-refractivity contribution in [2.45, 2.75) is 6.54 Å². The third kappa shape index (κ3) is 3.62. The number of hydrogen-bond acceptors (Lipinski definition) is 7. The summed E-state index contributed by atoms with van der Waals surface area (Å²) in [5.74, 6) is -1.57. The van der Waals surface area contributed by atoms with Gasteiger partial charge in [-0.25, -0.2) is 0 Å². The van der Waals surface area contributed by atoms with Crippen LogP contribution < -0.4 is 0 Å². The molecule has 2 aromatic rings. The van der Waals surface area contributed by atoms with Gasteiger partial charge in [-0.15, -0.1) is 0 Å². The average molecular weight is 387 g/mol. The highest BCUT2D eigenvalue weighted by Crippen LogP contribution is 2.30. The average Bonchev–Trinajstić information content (AvgIpc) is 3.27. The number of carbonyl (C=O) groups is 3. The van der Waals surface area contributed by atoms with E-state index < -0.39 is 34.9 Å². The summed E-state index contributed by atoms with van der Waals surface area (Å²) in [6.07, 6.45) is 1.47. The van der Waals surface area contributed by atoms with Crippen molar-refractivity contribution in [3.05, 3.63) is 63.6 Å². The van der Waals surface area contributed by atoms with E-state index in [2.05, 4.69) is 0 Å². The van der Waals surface area contributed by atoms with E-state index in [1.54, 1.807) is 12.1 Å². The van der Waals surface area contributed by atoms with Crippen molar-refractivity contribution >= 4 is 23.4 Å². The number of nitro benzene ring substituents is 1.